The minimum absolute atomic E-state index is 0.0240. The Morgan fingerprint density at radius 1 is 0.320 bits per heavy atom. The number of carboxylic acids is 1. The fourth-order valence-corrected chi connectivity index (χ4v) is 14.4. The number of nitrogens with one attached hydrogen (secondary N) is 8. The van der Waals surface area contributed by atoms with E-state index in [2.05, 4.69) is 42.5 Å². The zero-order valence-corrected chi connectivity index (χ0v) is 73.3. The first-order valence-corrected chi connectivity index (χ1v) is 43.1. The molecule has 0 aromatic carbocycles. The first kappa shape index (κ1) is 107. The van der Waals surface area contributed by atoms with Gasteiger partial charge in [-0.3, -0.25) is 86.4 Å². The van der Waals surface area contributed by atoms with Crippen molar-refractivity contribution in [3.05, 3.63) is 0 Å². The Bertz CT molecular complexity index is 3200. The van der Waals surface area contributed by atoms with Gasteiger partial charge in [-0.1, -0.05) is 52.9 Å². The second kappa shape index (κ2) is 60.6. The minimum atomic E-state index is -1.11. The third-order valence-corrected chi connectivity index (χ3v) is 20.0. The van der Waals surface area contributed by atoms with Crippen LogP contribution in [-0.2, 0) is 138 Å². The van der Waals surface area contributed by atoms with Gasteiger partial charge in [-0.2, -0.15) is 0 Å². The molecule has 3 heterocycles. The van der Waals surface area contributed by atoms with E-state index >= 15 is 0 Å². The first-order chi connectivity index (χ1) is 58.1. The summed E-state index contributed by atoms with van der Waals surface area (Å²) in [6, 6.07) is -4.06. The number of Topliss-reactive ketones (excluding diaryl/α,β-unsaturated/α-hetero) is 2. The van der Waals surface area contributed by atoms with E-state index in [1.807, 2.05) is 0 Å². The van der Waals surface area contributed by atoms with Gasteiger partial charge >= 0.3 is 41.8 Å². The lowest BCUT2D eigenvalue weighted by atomic mass is 9.94. The third-order valence-electron chi connectivity index (χ3n) is 20.0. The molecule has 694 valence electrons. The maximum Gasteiger partial charge on any atom is 0.303 e. The van der Waals surface area contributed by atoms with E-state index < -0.39 is 176 Å². The highest BCUT2D eigenvalue weighted by Gasteiger charge is 2.53. The molecular formula is C83H137N9O30. The fourth-order valence-electron chi connectivity index (χ4n) is 14.4. The molecule has 0 aromatic heterocycles. The predicted octanol–water partition coefficient (Wildman–Crippen LogP) is 3.77. The van der Waals surface area contributed by atoms with Crippen molar-refractivity contribution < 1.29 is 143 Å². The van der Waals surface area contributed by atoms with Crippen LogP contribution in [0, 0.1) is 0 Å². The maximum absolute atomic E-state index is 14.5. The van der Waals surface area contributed by atoms with Crippen LogP contribution in [0.2, 0.25) is 0 Å². The Hall–Kier alpha value is -8.89. The highest BCUT2D eigenvalue weighted by atomic mass is 16.7. The van der Waals surface area contributed by atoms with Gasteiger partial charge in [0.05, 0.1) is 19.1 Å². The molecule has 3 rings (SSSR count). The molecule has 16 unspecified atom stereocenters. The molecule has 8 amide bonds. The van der Waals surface area contributed by atoms with Crippen LogP contribution in [0.25, 0.3) is 0 Å². The fraction of sp³-hybridized carbons (Fsp3) is 0.795. The molecule has 0 spiro atoms. The zero-order valence-electron chi connectivity index (χ0n) is 73.3. The lowest BCUT2D eigenvalue weighted by Gasteiger charge is -2.45. The summed E-state index contributed by atoms with van der Waals surface area (Å²) in [5.41, 5.74) is 0. The van der Waals surface area contributed by atoms with E-state index in [9.17, 15) is 81.5 Å². The average Bonchev–Trinajstić information content (AvgIpc) is 0.798. The number of rotatable bonds is 62. The highest BCUT2D eigenvalue weighted by Crippen LogP contribution is 2.33. The molecule has 122 heavy (non-hydrogen) atoms. The number of hydrogen-bond acceptors (Lipinski definition) is 30. The minimum Gasteiger partial charge on any atom is -0.481 e. The number of ketones is 2. The molecule has 0 radical (unpaired) electrons. The SMILES string of the molecule is CCC1OC(OCCCCCC(=O)NCCCCC(=O)CN(CC(=O)NCCCNC(=O)CCCCCOC2OC(CC)C(OC(C)=O)C(OC(C)=O)C2NC(C)=O)C(CCCCCC(=O)CCCC(=O)O)C(=O)NCCCNC(=O)CCCCCOC2OC(CC)C(OC(C)=O)C(OC(C)=O)C2NC(C)=O)C(NC(C)=O)C(OC(C)=O)C1OC(C)=O. The van der Waals surface area contributed by atoms with E-state index in [0.29, 0.717) is 122 Å². The van der Waals surface area contributed by atoms with Crippen LogP contribution >= 0.6 is 0 Å². The van der Waals surface area contributed by atoms with Crippen molar-refractivity contribution >= 4 is 101 Å². The Labute approximate surface area is 715 Å². The lowest BCUT2D eigenvalue weighted by molar-refractivity contribution is -0.272. The van der Waals surface area contributed by atoms with Crippen molar-refractivity contribution in [2.75, 3.05) is 65.6 Å². The molecule has 16 atom stereocenters. The Balaban J connectivity index is 1.67. The second-order valence-electron chi connectivity index (χ2n) is 30.7. The van der Waals surface area contributed by atoms with Crippen LogP contribution in [0.1, 0.15) is 263 Å². The number of carbonyl (C=O) groups excluding carboxylic acids is 16. The van der Waals surface area contributed by atoms with Gasteiger partial charge in [0.15, 0.2) is 55.5 Å². The molecule has 39 nitrogen and oxygen atoms in total. The topological polar surface area (TPSA) is 521 Å². The van der Waals surface area contributed by atoms with Crippen LogP contribution in [0.3, 0.4) is 0 Å². The number of nitrogens with zero attached hydrogens (tertiary/aromatic N) is 1. The molecular weight excluding hydrogens is 1600 g/mol. The monoisotopic (exact) mass is 1740 g/mol. The number of unbranched alkanes of at least 4 members (excludes halogenated alkanes) is 9. The average molecular weight is 1740 g/mol. The van der Waals surface area contributed by atoms with Gasteiger partial charge in [-0.15, -0.1) is 0 Å². The molecule has 0 aromatic rings. The van der Waals surface area contributed by atoms with Crippen LogP contribution in [0.5, 0.6) is 0 Å². The smallest absolute Gasteiger partial charge is 0.303 e. The normalized spacial score (nSPS) is 22.6. The quantitative estimate of drug-likeness (QED) is 0.0238. The van der Waals surface area contributed by atoms with Gasteiger partial charge in [0.25, 0.3) is 0 Å². The Kier molecular flexibility index (Phi) is 53.3. The van der Waals surface area contributed by atoms with Crippen molar-refractivity contribution in [1.82, 2.24) is 47.4 Å². The molecule has 3 saturated heterocycles. The van der Waals surface area contributed by atoms with E-state index in [0.717, 1.165) is 0 Å². The summed E-state index contributed by atoms with van der Waals surface area (Å²) in [5, 5.41) is 31.6. The van der Waals surface area contributed by atoms with Crippen LogP contribution in [0.15, 0.2) is 0 Å². The van der Waals surface area contributed by atoms with E-state index in [4.69, 9.17) is 61.9 Å². The summed E-state index contributed by atoms with van der Waals surface area (Å²) >= 11 is 0. The van der Waals surface area contributed by atoms with E-state index in [1.165, 1.54) is 67.2 Å². The Morgan fingerprint density at radius 2 is 0.623 bits per heavy atom. The summed E-state index contributed by atoms with van der Waals surface area (Å²) < 4.78 is 69.7. The number of carbonyl (C=O) groups is 17. The standard InChI is InChI=1S/C83H137N9O30/c1-13-63-74(114-54(7)96)77(117-57(10)99)71(89-51(4)93)81(120-63)111-46-27-17-22-37-66(104)84-41-26-25-34-61(103)49-92(50-69(107)87-44-31-42-85-67(105)38-23-18-28-47-112-82-72(90-52(5)94)78(118-58(11)100)75(115-55(8)97)64(14-2)121-82)62(36-21-16-20-33-60(102)35-30-40-70(108)109)80(110)88-45-32-43-86-68(106)39-24-19-29-48-113-83-73(91-53(6)95)79(119-59(12)101)76(116-56(9)98)65(15-3)122-83/h62-65,71-79,81-83H,13-50H2,1-12H3,(H,84,104)(H,85,105)(H,86,106)(H,87,107)(H,88,110)(H,89,93)(H,90,94)(H,91,95)(H,108,109). The van der Waals surface area contributed by atoms with Crippen LogP contribution < -0.4 is 42.5 Å². The number of ether oxygens (including phenoxy) is 12. The molecule has 0 aliphatic carbocycles. The number of amides is 8. The molecule has 3 fully saturated rings. The van der Waals surface area contributed by atoms with E-state index in [1.54, 1.807) is 20.8 Å². The molecule has 3 aliphatic rings. The largest absolute Gasteiger partial charge is 0.481 e. The molecule has 0 saturated carbocycles. The third kappa shape index (κ3) is 44.4. The van der Waals surface area contributed by atoms with Crippen LogP contribution in [0.4, 0.5) is 0 Å². The van der Waals surface area contributed by atoms with Gasteiger partial charge in [-0.25, -0.2) is 0 Å². The van der Waals surface area contributed by atoms with Crippen molar-refractivity contribution in [3.8, 4) is 0 Å². The summed E-state index contributed by atoms with van der Waals surface area (Å²) in [6.07, 6.45) is -2.35. The number of carboxylic acid groups (broad SMARTS) is 1. The molecule has 3 aliphatic heterocycles. The van der Waals surface area contributed by atoms with Gasteiger partial charge in [0.1, 0.15) is 48.0 Å². The van der Waals surface area contributed by atoms with Gasteiger partial charge in [0.2, 0.25) is 47.3 Å². The lowest BCUT2D eigenvalue weighted by Crippen LogP contribution is -2.65. The van der Waals surface area contributed by atoms with Gasteiger partial charge in [-0.05, 0) is 103 Å². The van der Waals surface area contributed by atoms with Crippen molar-refractivity contribution in [2.45, 2.75) is 361 Å². The molecule has 9 N–H and O–H groups in total. The zero-order chi connectivity index (χ0) is 90.6. The Morgan fingerprint density at radius 3 is 0.967 bits per heavy atom. The van der Waals surface area contributed by atoms with Crippen LogP contribution in [-0.4, -0.2) is 274 Å². The van der Waals surface area contributed by atoms with Gasteiger partial charge < -0.3 is 104 Å². The molecule has 0 bridgehead atoms. The number of esters is 6. The molecule has 39 heteroatoms. The van der Waals surface area contributed by atoms with E-state index in [-0.39, 0.29) is 146 Å². The summed E-state index contributed by atoms with van der Waals surface area (Å²) in [6.45, 7) is 17.0. The van der Waals surface area contributed by atoms with Crippen molar-refractivity contribution in [1.29, 1.82) is 0 Å². The van der Waals surface area contributed by atoms with Crippen molar-refractivity contribution in [3.63, 3.8) is 0 Å². The maximum atomic E-state index is 14.5. The summed E-state index contributed by atoms with van der Waals surface area (Å²) in [5.74, 6) is -8.42. The van der Waals surface area contributed by atoms with Gasteiger partial charge in [0, 0.05) is 160 Å². The first-order valence-electron chi connectivity index (χ1n) is 43.1. The summed E-state index contributed by atoms with van der Waals surface area (Å²) in [4.78, 5) is 216. The highest BCUT2D eigenvalue weighted by molar-refractivity contribution is 5.87. The number of hydrogen-bond donors (Lipinski definition) is 9. The number of aliphatic carboxylic acids is 1. The van der Waals surface area contributed by atoms with Crippen molar-refractivity contribution in [2.24, 2.45) is 0 Å². The second-order valence-corrected chi connectivity index (χ2v) is 30.7. The summed E-state index contributed by atoms with van der Waals surface area (Å²) in [7, 11) is 0. The predicted molar refractivity (Wildman–Crippen MR) is 434 cm³/mol.